The molecule has 0 aromatic carbocycles. The Labute approximate surface area is 131 Å². The minimum atomic E-state index is -3.11. The summed E-state index contributed by atoms with van der Waals surface area (Å²) in [5, 5.41) is 0. The van der Waals surface area contributed by atoms with Crippen LogP contribution in [0.15, 0.2) is 18.3 Å². The molecule has 0 N–H and O–H groups in total. The van der Waals surface area contributed by atoms with E-state index in [0.717, 1.165) is 36.4 Å². The van der Waals surface area contributed by atoms with E-state index in [-0.39, 0.29) is 11.7 Å². The number of sulfonamides is 1. The van der Waals surface area contributed by atoms with E-state index >= 15 is 0 Å². The molecule has 1 saturated heterocycles. The van der Waals surface area contributed by atoms with Crippen molar-refractivity contribution in [2.75, 3.05) is 18.8 Å². The Kier molecular flexibility index (Phi) is 4.18. The smallest absolute Gasteiger partial charge is 0.213 e. The zero-order valence-electron chi connectivity index (χ0n) is 13.1. The second-order valence-corrected chi connectivity index (χ2v) is 7.97. The highest BCUT2D eigenvalue weighted by Gasteiger charge is 2.33. The molecule has 1 aliphatic heterocycles. The first-order chi connectivity index (χ1) is 10.6. The number of imidazole rings is 1. The van der Waals surface area contributed by atoms with Crippen LogP contribution in [-0.4, -0.2) is 46.1 Å². The predicted octanol–water partition coefficient (Wildman–Crippen LogP) is 1.98. The lowest BCUT2D eigenvalue weighted by Gasteiger charge is -2.16. The highest BCUT2D eigenvalue weighted by atomic mass is 32.2. The number of hydrogen-bond donors (Lipinski definition) is 0. The molecule has 6 nitrogen and oxygen atoms in total. The summed E-state index contributed by atoms with van der Waals surface area (Å²) in [6, 6.07) is 3.85. The molecule has 2 aromatic rings. The van der Waals surface area contributed by atoms with Gasteiger partial charge in [0, 0.05) is 31.7 Å². The first-order valence-corrected chi connectivity index (χ1v) is 9.46. The van der Waals surface area contributed by atoms with Crippen molar-refractivity contribution >= 4 is 21.2 Å². The minimum absolute atomic E-state index is 0.155. The van der Waals surface area contributed by atoms with Crippen LogP contribution >= 0.6 is 0 Å². The van der Waals surface area contributed by atoms with Crippen molar-refractivity contribution in [1.29, 1.82) is 0 Å². The molecule has 120 valence electrons. The summed E-state index contributed by atoms with van der Waals surface area (Å²) in [6.45, 7) is 5.80. The third kappa shape index (κ3) is 2.63. The number of aromatic nitrogens is 3. The Morgan fingerprint density at radius 3 is 2.91 bits per heavy atom. The summed E-state index contributed by atoms with van der Waals surface area (Å²) in [7, 11) is -3.11. The average molecular weight is 322 g/mol. The number of fused-ring (bicyclic) bond motifs is 1. The van der Waals surface area contributed by atoms with E-state index in [0.29, 0.717) is 13.1 Å². The van der Waals surface area contributed by atoms with Gasteiger partial charge in [0.2, 0.25) is 10.0 Å². The monoisotopic (exact) mass is 322 g/mol. The lowest BCUT2D eigenvalue weighted by atomic mass is 10.1. The van der Waals surface area contributed by atoms with Crippen LogP contribution in [0.4, 0.5) is 0 Å². The quantitative estimate of drug-likeness (QED) is 0.844. The maximum absolute atomic E-state index is 12.0. The van der Waals surface area contributed by atoms with Gasteiger partial charge in [0.05, 0.1) is 5.75 Å². The maximum Gasteiger partial charge on any atom is 0.213 e. The van der Waals surface area contributed by atoms with Gasteiger partial charge in [-0.15, -0.1) is 0 Å². The Balaban J connectivity index is 1.95. The van der Waals surface area contributed by atoms with Gasteiger partial charge in [-0.3, -0.25) is 0 Å². The third-order valence-corrected chi connectivity index (χ3v) is 6.10. The van der Waals surface area contributed by atoms with Crippen molar-refractivity contribution in [3.63, 3.8) is 0 Å². The van der Waals surface area contributed by atoms with Gasteiger partial charge in [-0.2, -0.15) is 0 Å². The van der Waals surface area contributed by atoms with Crippen LogP contribution in [-0.2, 0) is 16.6 Å². The molecule has 0 spiro atoms. The lowest BCUT2D eigenvalue weighted by Crippen LogP contribution is -2.30. The van der Waals surface area contributed by atoms with Crippen LogP contribution < -0.4 is 0 Å². The van der Waals surface area contributed by atoms with Gasteiger partial charge in [0.25, 0.3) is 0 Å². The Hall–Kier alpha value is -1.47. The summed E-state index contributed by atoms with van der Waals surface area (Å²) in [5.74, 6) is 1.29. The van der Waals surface area contributed by atoms with E-state index in [2.05, 4.69) is 16.5 Å². The fourth-order valence-corrected chi connectivity index (χ4v) is 4.26. The number of pyridine rings is 1. The molecule has 1 fully saturated rings. The van der Waals surface area contributed by atoms with Crippen molar-refractivity contribution < 1.29 is 8.42 Å². The number of aryl methyl sites for hydroxylation is 1. The molecule has 3 heterocycles. The second kappa shape index (κ2) is 5.96. The lowest BCUT2D eigenvalue weighted by molar-refractivity contribution is 0.470. The highest BCUT2D eigenvalue weighted by Crippen LogP contribution is 2.30. The summed E-state index contributed by atoms with van der Waals surface area (Å²) in [5.41, 5.74) is 1.79. The minimum Gasteiger partial charge on any atom is -0.312 e. The first kappa shape index (κ1) is 15.4. The molecule has 0 amide bonds. The highest BCUT2D eigenvalue weighted by molar-refractivity contribution is 7.89. The largest absolute Gasteiger partial charge is 0.312 e. The van der Waals surface area contributed by atoms with Gasteiger partial charge in [-0.25, -0.2) is 22.7 Å². The average Bonchev–Trinajstić information content (AvgIpc) is 3.13. The van der Waals surface area contributed by atoms with E-state index in [1.54, 1.807) is 17.4 Å². The Bertz CT molecular complexity index is 769. The first-order valence-electron chi connectivity index (χ1n) is 7.85. The normalized spacial score (nSPS) is 20.0. The van der Waals surface area contributed by atoms with E-state index < -0.39 is 10.0 Å². The van der Waals surface area contributed by atoms with Crippen LogP contribution in [0.25, 0.3) is 11.2 Å². The van der Waals surface area contributed by atoms with Crippen molar-refractivity contribution in [2.24, 2.45) is 0 Å². The molecule has 22 heavy (non-hydrogen) atoms. The maximum atomic E-state index is 12.0. The van der Waals surface area contributed by atoms with Crippen molar-refractivity contribution in [3.05, 3.63) is 24.2 Å². The van der Waals surface area contributed by atoms with E-state index in [4.69, 9.17) is 4.98 Å². The molecule has 1 unspecified atom stereocenters. The molecule has 2 aromatic heterocycles. The molecule has 7 heteroatoms. The van der Waals surface area contributed by atoms with Crippen LogP contribution in [0.1, 0.15) is 38.4 Å². The molecule has 0 radical (unpaired) electrons. The molecule has 0 bridgehead atoms. The zero-order valence-corrected chi connectivity index (χ0v) is 13.9. The number of nitrogens with zero attached hydrogens (tertiary/aromatic N) is 4. The van der Waals surface area contributed by atoms with E-state index in [1.807, 2.05) is 12.1 Å². The van der Waals surface area contributed by atoms with E-state index in [1.165, 1.54) is 0 Å². The number of rotatable bonds is 5. The fourth-order valence-electron chi connectivity index (χ4n) is 3.11. The van der Waals surface area contributed by atoms with Gasteiger partial charge in [-0.05, 0) is 31.9 Å². The molecule has 0 aliphatic carbocycles. The SMILES string of the molecule is CCCn1c(C2CCN(S(=O)(=O)CC)C2)nc2cccnc21. The predicted molar refractivity (Wildman–Crippen MR) is 86.2 cm³/mol. The summed E-state index contributed by atoms with van der Waals surface area (Å²) in [4.78, 5) is 9.18. The zero-order chi connectivity index (χ0) is 15.7. The summed E-state index contributed by atoms with van der Waals surface area (Å²) in [6.07, 6.45) is 3.60. The summed E-state index contributed by atoms with van der Waals surface area (Å²) >= 11 is 0. The van der Waals surface area contributed by atoms with Gasteiger partial charge in [0.15, 0.2) is 5.65 Å². The topological polar surface area (TPSA) is 68.1 Å². The standard InChI is InChI=1S/C15H22N4O2S/c1-3-9-19-14(17-13-6-5-8-16-15(13)19)12-7-10-18(11-12)22(20,21)4-2/h5-6,8,12H,3-4,7,9-11H2,1-2H3. The van der Waals surface area contributed by atoms with Crippen molar-refractivity contribution in [3.8, 4) is 0 Å². The molecule has 1 aliphatic rings. The number of hydrogen-bond acceptors (Lipinski definition) is 4. The van der Waals surface area contributed by atoms with Crippen LogP contribution in [0.2, 0.25) is 0 Å². The molecular formula is C15H22N4O2S. The van der Waals surface area contributed by atoms with Crippen molar-refractivity contribution in [2.45, 2.75) is 39.2 Å². The molecule has 0 saturated carbocycles. The fraction of sp³-hybridized carbons (Fsp3) is 0.600. The molecule has 1 atom stereocenters. The second-order valence-electron chi connectivity index (χ2n) is 5.71. The molecule has 3 rings (SSSR count). The van der Waals surface area contributed by atoms with Gasteiger partial charge >= 0.3 is 0 Å². The van der Waals surface area contributed by atoms with E-state index in [9.17, 15) is 8.42 Å². The van der Waals surface area contributed by atoms with Gasteiger partial charge in [0.1, 0.15) is 11.3 Å². The van der Waals surface area contributed by atoms with Gasteiger partial charge in [-0.1, -0.05) is 6.92 Å². The van der Waals surface area contributed by atoms with Crippen molar-refractivity contribution in [1.82, 2.24) is 18.8 Å². The Morgan fingerprint density at radius 1 is 1.36 bits per heavy atom. The molecular weight excluding hydrogens is 300 g/mol. The summed E-state index contributed by atoms with van der Waals surface area (Å²) < 4.78 is 27.8. The Morgan fingerprint density at radius 2 is 2.18 bits per heavy atom. The van der Waals surface area contributed by atoms with Gasteiger partial charge < -0.3 is 4.57 Å². The van der Waals surface area contributed by atoms with Crippen LogP contribution in [0.5, 0.6) is 0 Å². The van der Waals surface area contributed by atoms with Crippen LogP contribution in [0.3, 0.4) is 0 Å². The third-order valence-electron chi connectivity index (χ3n) is 4.25. The van der Waals surface area contributed by atoms with Crippen LogP contribution in [0, 0.1) is 0 Å².